The predicted molar refractivity (Wildman–Crippen MR) is 57.2 cm³/mol. The highest BCUT2D eigenvalue weighted by atomic mass is 32.2. The van der Waals surface area contributed by atoms with Crippen molar-refractivity contribution < 1.29 is 0 Å². The van der Waals surface area contributed by atoms with E-state index in [0.717, 1.165) is 16.2 Å². The van der Waals surface area contributed by atoms with Gasteiger partial charge in [-0.25, -0.2) is 15.0 Å². The molecule has 4 nitrogen and oxygen atoms in total. The molecule has 70 valence electrons. The SMILES string of the molecule is C1=C[SH](c2ncnc3nc[nH]c23)C=C1. The second-order valence-corrected chi connectivity index (χ2v) is 4.72. The van der Waals surface area contributed by atoms with E-state index in [4.69, 9.17) is 0 Å². The van der Waals surface area contributed by atoms with Crippen molar-refractivity contribution in [2.24, 2.45) is 0 Å². The molecule has 0 unspecified atom stereocenters. The number of nitrogens with zero attached hydrogens (tertiary/aromatic N) is 3. The van der Waals surface area contributed by atoms with E-state index in [1.807, 2.05) is 0 Å². The number of rotatable bonds is 1. The molecule has 0 bridgehead atoms. The molecule has 1 aliphatic rings. The van der Waals surface area contributed by atoms with Crippen molar-refractivity contribution in [3.05, 3.63) is 35.6 Å². The first kappa shape index (κ1) is 7.75. The average molecular weight is 204 g/mol. The minimum absolute atomic E-state index is 0.398. The van der Waals surface area contributed by atoms with Crippen LogP contribution in [0.5, 0.6) is 0 Å². The minimum Gasteiger partial charge on any atom is -0.341 e. The Morgan fingerprint density at radius 1 is 1.07 bits per heavy atom. The molecule has 14 heavy (non-hydrogen) atoms. The zero-order chi connectivity index (χ0) is 9.38. The van der Waals surface area contributed by atoms with Crippen LogP contribution in [0.1, 0.15) is 0 Å². The number of fused-ring (bicyclic) bond motifs is 1. The lowest BCUT2D eigenvalue weighted by Crippen LogP contribution is -1.87. The Hall–Kier alpha value is -1.62. The Morgan fingerprint density at radius 2 is 1.93 bits per heavy atom. The van der Waals surface area contributed by atoms with E-state index in [1.165, 1.54) is 0 Å². The largest absolute Gasteiger partial charge is 0.341 e. The van der Waals surface area contributed by atoms with Gasteiger partial charge >= 0.3 is 0 Å². The fourth-order valence-corrected chi connectivity index (χ4v) is 2.98. The molecule has 2 aromatic heterocycles. The number of H-pyrrole nitrogens is 1. The molecule has 0 aliphatic carbocycles. The lowest BCUT2D eigenvalue weighted by molar-refractivity contribution is 1.09. The van der Waals surface area contributed by atoms with Crippen LogP contribution in [-0.4, -0.2) is 19.9 Å². The van der Waals surface area contributed by atoms with E-state index in [0.29, 0.717) is 0 Å². The van der Waals surface area contributed by atoms with Gasteiger partial charge in [0.1, 0.15) is 16.9 Å². The van der Waals surface area contributed by atoms with Gasteiger partial charge in [0.05, 0.1) is 6.33 Å². The lowest BCUT2D eigenvalue weighted by Gasteiger charge is -2.08. The maximum absolute atomic E-state index is 4.31. The monoisotopic (exact) mass is 204 g/mol. The number of hydrogen-bond donors (Lipinski definition) is 2. The number of allylic oxidation sites excluding steroid dienone is 2. The lowest BCUT2D eigenvalue weighted by atomic mass is 10.6. The molecule has 3 heterocycles. The highest BCUT2D eigenvalue weighted by Gasteiger charge is 2.10. The number of aromatic amines is 1. The summed E-state index contributed by atoms with van der Waals surface area (Å²) < 4.78 is 0. The molecule has 1 aliphatic heterocycles. The molecule has 5 heteroatoms. The fraction of sp³-hybridized carbons (Fsp3) is 0. The summed E-state index contributed by atoms with van der Waals surface area (Å²) in [6.45, 7) is 0. The maximum Gasteiger partial charge on any atom is 0.181 e. The second-order valence-electron chi connectivity index (χ2n) is 2.89. The van der Waals surface area contributed by atoms with Crippen LogP contribution in [-0.2, 0) is 0 Å². The number of thiol groups is 1. The Balaban J connectivity index is 2.24. The smallest absolute Gasteiger partial charge is 0.181 e. The third-order valence-corrected chi connectivity index (χ3v) is 3.87. The van der Waals surface area contributed by atoms with Gasteiger partial charge < -0.3 is 4.98 Å². The van der Waals surface area contributed by atoms with Crippen LogP contribution < -0.4 is 0 Å². The first-order valence-electron chi connectivity index (χ1n) is 4.22. The number of imidazole rings is 1. The molecule has 0 amide bonds. The predicted octanol–water partition coefficient (Wildman–Crippen LogP) is 1.75. The van der Waals surface area contributed by atoms with Crippen molar-refractivity contribution in [1.82, 2.24) is 19.9 Å². The maximum atomic E-state index is 4.31. The van der Waals surface area contributed by atoms with Crippen molar-refractivity contribution in [2.45, 2.75) is 5.03 Å². The second kappa shape index (κ2) is 2.95. The molecule has 2 aromatic rings. The average Bonchev–Trinajstić information content (AvgIpc) is 2.88. The van der Waals surface area contributed by atoms with Gasteiger partial charge in [-0.1, -0.05) is 12.2 Å². The van der Waals surface area contributed by atoms with Gasteiger partial charge in [-0.3, -0.25) is 0 Å². The third kappa shape index (κ3) is 1.06. The van der Waals surface area contributed by atoms with Gasteiger partial charge in [-0.05, 0) is 10.8 Å². The van der Waals surface area contributed by atoms with Crippen molar-refractivity contribution in [1.29, 1.82) is 0 Å². The van der Waals surface area contributed by atoms with E-state index in [-0.39, 0.29) is 0 Å². The summed E-state index contributed by atoms with van der Waals surface area (Å²) in [4.78, 5) is 15.6. The summed E-state index contributed by atoms with van der Waals surface area (Å²) in [6, 6.07) is 0. The highest BCUT2D eigenvalue weighted by molar-refractivity contribution is 8.22. The highest BCUT2D eigenvalue weighted by Crippen LogP contribution is 2.42. The van der Waals surface area contributed by atoms with Gasteiger partial charge in [0.15, 0.2) is 5.65 Å². The van der Waals surface area contributed by atoms with Crippen molar-refractivity contribution >= 4 is 22.1 Å². The van der Waals surface area contributed by atoms with E-state index < -0.39 is 10.9 Å². The third-order valence-electron chi connectivity index (χ3n) is 2.05. The molecular weight excluding hydrogens is 196 g/mol. The van der Waals surface area contributed by atoms with Gasteiger partial charge in [0.25, 0.3) is 0 Å². The van der Waals surface area contributed by atoms with Crippen molar-refractivity contribution in [3.8, 4) is 0 Å². The first-order valence-corrected chi connectivity index (χ1v) is 5.70. The van der Waals surface area contributed by atoms with E-state index in [9.17, 15) is 0 Å². The van der Waals surface area contributed by atoms with Gasteiger partial charge in [-0.15, -0.1) is 0 Å². The molecule has 3 rings (SSSR count). The number of nitrogens with one attached hydrogen (secondary N) is 1. The molecule has 0 spiro atoms. The Kier molecular flexibility index (Phi) is 1.63. The summed E-state index contributed by atoms with van der Waals surface area (Å²) in [6.07, 6.45) is 7.33. The summed E-state index contributed by atoms with van der Waals surface area (Å²) >= 11 is 0. The number of aromatic nitrogens is 4. The summed E-state index contributed by atoms with van der Waals surface area (Å²) in [5.74, 6) is 0. The van der Waals surface area contributed by atoms with E-state index in [1.54, 1.807) is 12.7 Å². The topological polar surface area (TPSA) is 54.5 Å². The molecule has 0 fully saturated rings. The summed E-state index contributed by atoms with van der Waals surface area (Å²) in [5.41, 5.74) is 1.70. The number of hydrogen-bond acceptors (Lipinski definition) is 3. The molecule has 0 radical (unpaired) electrons. The normalized spacial score (nSPS) is 17.0. The van der Waals surface area contributed by atoms with Crippen molar-refractivity contribution in [2.75, 3.05) is 0 Å². The van der Waals surface area contributed by atoms with Crippen LogP contribution in [0.3, 0.4) is 0 Å². The Bertz CT molecular complexity index is 516. The molecule has 0 atom stereocenters. The van der Waals surface area contributed by atoms with Crippen LogP contribution in [0.4, 0.5) is 0 Å². The van der Waals surface area contributed by atoms with Crippen LogP contribution in [0.2, 0.25) is 0 Å². The van der Waals surface area contributed by atoms with Crippen LogP contribution in [0.15, 0.2) is 40.6 Å². The zero-order valence-electron chi connectivity index (χ0n) is 7.25. The standard InChI is InChI=1S/C9H8N4S/c1-2-4-14(3-1)9-7-8(11-5-10-7)12-6-13-9/h1-6,14H,(H,10,11,12,13). The molecule has 0 saturated carbocycles. The van der Waals surface area contributed by atoms with Crippen LogP contribution >= 0.6 is 10.9 Å². The fourth-order valence-electron chi connectivity index (χ4n) is 1.42. The Labute approximate surface area is 83.1 Å². The first-order chi connectivity index (χ1) is 6.95. The molecular formula is C9H8N4S. The van der Waals surface area contributed by atoms with Gasteiger partial charge in [0.2, 0.25) is 0 Å². The zero-order valence-corrected chi connectivity index (χ0v) is 8.15. The van der Waals surface area contributed by atoms with Gasteiger partial charge in [-0.2, -0.15) is 10.9 Å². The molecule has 0 saturated heterocycles. The van der Waals surface area contributed by atoms with E-state index in [2.05, 4.69) is 42.9 Å². The van der Waals surface area contributed by atoms with Crippen LogP contribution in [0, 0.1) is 0 Å². The minimum atomic E-state index is -0.398. The van der Waals surface area contributed by atoms with E-state index >= 15 is 0 Å². The summed E-state index contributed by atoms with van der Waals surface area (Å²) in [7, 11) is -0.398. The van der Waals surface area contributed by atoms with Gasteiger partial charge in [0, 0.05) is 0 Å². The van der Waals surface area contributed by atoms with Crippen molar-refractivity contribution in [3.63, 3.8) is 0 Å². The quantitative estimate of drug-likeness (QED) is 0.549. The summed E-state index contributed by atoms with van der Waals surface area (Å²) in [5, 5.41) is 5.38. The van der Waals surface area contributed by atoms with Crippen LogP contribution in [0.25, 0.3) is 11.2 Å². The molecule has 0 aromatic carbocycles. The molecule has 1 N–H and O–H groups in total. The Morgan fingerprint density at radius 3 is 2.79 bits per heavy atom.